The first kappa shape index (κ1) is 18.5. The summed E-state index contributed by atoms with van der Waals surface area (Å²) in [5, 5.41) is 4.09. The Hall–Kier alpha value is -2.89. The largest absolute Gasteiger partial charge is 0.397 e. The van der Waals surface area contributed by atoms with Crippen LogP contribution in [0.15, 0.2) is 65.9 Å². The van der Waals surface area contributed by atoms with Crippen LogP contribution in [-0.4, -0.2) is 22.6 Å². The highest BCUT2D eigenvalue weighted by atomic mass is 35.5. The van der Waals surface area contributed by atoms with Crippen molar-refractivity contribution in [1.29, 1.82) is 0 Å². The lowest BCUT2D eigenvalue weighted by Crippen LogP contribution is -2.27. The van der Waals surface area contributed by atoms with Crippen molar-refractivity contribution in [2.24, 2.45) is 4.99 Å². The number of fused-ring (bicyclic) bond motifs is 1. The average molecular weight is 411 g/mol. The maximum absolute atomic E-state index is 12.9. The molecule has 1 unspecified atom stereocenters. The molecule has 0 fully saturated rings. The molecule has 7 heteroatoms. The molecule has 0 spiro atoms. The van der Waals surface area contributed by atoms with E-state index >= 15 is 0 Å². The van der Waals surface area contributed by atoms with Crippen LogP contribution in [0.2, 0.25) is 10.0 Å². The number of nitrogen functional groups attached to an aromatic ring is 1. The molecule has 2 aromatic carbocycles. The molecule has 0 radical (unpaired) electrons. The second kappa shape index (κ2) is 7.62. The molecule has 1 aliphatic heterocycles. The van der Waals surface area contributed by atoms with E-state index in [0.717, 1.165) is 11.1 Å². The molecule has 3 N–H and O–H groups in total. The molecule has 4 rings (SSSR count). The normalized spacial score (nSPS) is 16.0. The number of nitrogens with two attached hydrogens (primary N) is 1. The smallest absolute Gasteiger partial charge is 0.249 e. The Morgan fingerprint density at radius 1 is 1.07 bits per heavy atom. The summed E-state index contributed by atoms with van der Waals surface area (Å²) >= 11 is 12.5. The number of hydrogen-bond acceptors (Lipinski definition) is 4. The summed E-state index contributed by atoms with van der Waals surface area (Å²) < 4.78 is 0. The van der Waals surface area contributed by atoms with E-state index in [1.807, 2.05) is 18.2 Å². The summed E-state index contributed by atoms with van der Waals surface area (Å²) in [5.74, 6) is -0.213. The minimum Gasteiger partial charge on any atom is -0.397 e. The first-order valence-electron chi connectivity index (χ1n) is 8.64. The zero-order valence-corrected chi connectivity index (χ0v) is 16.2. The van der Waals surface area contributed by atoms with E-state index in [1.54, 1.807) is 42.7 Å². The number of pyridine rings is 1. The maximum atomic E-state index is 12.9. The third-order valence-corrected chi connectivity index (χ3v) is 5.09. The lowest BCUT2D eigenvalue weighted by Gasteiger charge is -2.12. The van der Waals surface area contributed by atoms with Crippen LogP contribution in [0, 0.1) is 0 Å². The van der Waals surface area contributed by atoms with Gasteiger partial charge >= 0.3 is 0 Å². The van der Waals surface area contributed by atoms with Gasteiger partial charge in [0.2, 0.25) is 5.91 Å². The molecule has 0 saturated carbocycles. The van der Waals surface area contributed by atoms with Crippen molar-refractivity contribution in [3.05, 3.63) is 87.7 Å². The van der Waals surface area contributed by atoms with Crippen LogP contribution < -0.4 is 11.1 Å². The van der Waals surface area contributed by atoms with Gasteiger partial charge in [0.05, 0.1) is 17.1 Å². The number of benzene rings is 2. The number of rotatable bonds is 3. The van der Waals surface area contributed by atoms with Gasteiger partial charge in [0.25, 0.3) is 0 Å². The Morgan fingerprint density at radius 3 is 2.68 bits per heavy atom. The number of nitrogens with one attached hydrogen (secondary N) is 1. The third kappa shape index (κ3) is 3.72. The number of halogens is 2. The molecule has 5 nitrogen and oxygen atoms in total. The fraction of sp³-hybridized carbons (Fsp3) is 0.0952. The molecule has 1 atom stereocenters. The Bertz CT molecular complexity index is 1100. The fourth-order valence-electron chi connectivity index (χ4n) is 3.15. The van der Waals surface area contributed by atoms with Gasteiger partial charge in [-0.3, -0.25) is 14.8 Å². The van der Waals surface area contributed by atoms with Gasteiger partial charge in [-0.2, -0.15) is 0 Å². The Kier molecular flexibility index (Phi) is 5.03. The van der Waals surface area contributed by atoms with Crippen LogP contribution in [0.3, 0.4) is 0 Å². The van der Waals surface area contributed by atoms with Gasteiger partial charge in [0.15, 0.2) is 0 Å². The van der Waals surface area contributed by atoms with Gasteiger partial charge in [0.1, 0.15) is 6.04 Å². The van der Waals surface area contributed by atoms with Crippen LogP contribution in [0.5, 0.6) is 0 Å². The molecule has 3 aromatic rings. The van der Waals surface area contributed by atoms with Crippen LogP contribution in [0.4, 0.5) is 11.4 Å². The summed E-state index contributed by atoms with van der Waals surface area (Å²) in [6, 6.07) is 13.8. The first-order chi connectivity index (χ1) is 13.5. The second-order valence-electron chi connectivity index (χ2n) is 6.48. The topological polar surface area (TPSA) is 80.4 Å². The Morgan fingerprint density at radius 2 is 1.89 bits per heavy atom. The van der Waals surface area contributed by atoms with Gasteiger partial charge in [-0.15, -0.1) is 0 Å². The minimum absolute atomic E-state index is 0.213. The van der Waals surface area contributed by atoms with Crippen molar-refractivity contribution < 1.29 is 4.79 Å². The summed E-state index contributed by atoms with van der Waals surface area (Å²) in [7, 11) is 0. The van der Waals surface area contributed by atoms with Crippen molar-refractivity contribution in [2.45, 2.75) is 12.5 Å². The molecule has 2 heterocycles. The molecular formula is C21H16Cl2N4O. The van der Waals surface area contributed by atoms with E-state index in [9.17, 15) is 4.79 Å². The first-order valence-corrected chi connectivity index (χ1v) is 9.40. The highest BCUT2D eigenvalue weighted by Crippen LogP contribution is 2.29. The van der Waals surface area contributed by atoms with Crippen molar-refractivity contribution >= 4 is 46.2 Å². The molecule has 1 amide bonds. The van der Waals surface area contributed by atoms with Crippen molar-refractivity contribution in [3.8, 4) is 0 Å². The molecule has 0 saturated heterocycles. The summed E-state index contributed by atoms with van der Waals surface area (Å²) in [4.78, 5) is 21.8. The molecule has 28 heavy (non-hydrogen) atoms. The van der Waals surface area contributed by atoms with Crippen molar-refractivity contribution in [3.63, 3.8) is 0 Å². The fourth-order valence-corrected chi connectivity index (χ4v) is 3.53. The van der Waals surface area contributed by atoms with Crippen molar-refractivity contribution in [1.82, 2.24) is 4.98 Å². The number of carbonyl (C=O) groups is 1. The zero-order valence-electron chi connectivity index (χ0n) is 14.7. The number of carbonyl (C=O) groups excluding carboxylic acids is 1. The molecule has 0 bridgehead atoms. The average Bonchev–Trinajstić information content (AvgIpc) is 2.80. The zero-order chi connectivity index (χ0) is 19.7. The minimum atomic E-state index is -0.664. The highest BCUT2D eigenvalue weighted by Gasteiger charge is 2.27. The molecule has 140 valence electrons. The monoisotopic (exact) mass is 410 g/mol. The van der Waals surface area contributed by atoms with Crippen molar-refractivity contribution in [2.75, 3.05) is 11.1 Å². The Balaban J connectivity index is 1.85. The number of hydrogen-bond donors (Lipinski definition) is 2. The summed E-state index contributed by atoms with van der Waals surface area (Å²) in [6.07, 6.45) is 3.60. The van der Waals surface area contributed by atoms with Gasteiger partial charge < -0.3 is 11.1 Å². The van der Waals surface area contributed by atoms with E-state index in [0.29, 0.717) is 39.1 Å². The van der Waals surface area contributed by atoms with E-state index in [4.69, 9.17) is 33.9 Å². The standard InChI is InChI=1S/C21H16Cl2N4O/c22-14-5-6-18-16(9-14)20(13-7-15(24)11-25-10-13)26-19(21(28)27-18)8-12-3-1-2-4-17(12)23/h1-7,9-11,19H,8,24H2,(H,27,28). The predicted molar refractivity (Wildman–Crippen MR) is 113 cm³/mol. The van der Waals surface area contributed by atoms with Crippen LogP contribution in [0.25, 0.3) is 0 Å². The molecule has 0 aliphatic carbocycles. The predicted octanol–water partition coefficient (Wildman–Crippen LogP) is 4.37. The number of anilines is 2. The van der Waals surface area contributed by atoms with E-state index < -0.39 is 6.04 Å². The van der Waals surface area contributed by atoms with E-state index in [2.05, 4.69) is 10.3 Å². The van der Waals surface area contributed by atoms with Crippen LogP contribution in [0.1, 0.15) is 16.7 Å². The number of benzodiazepines with no additional fused rings is 1. The second-order valence-corrected chi connectivity index (χ2v) is 7.32. The van der Waals surface area contributed by atoms with Gasteiger partial charge in [-0.25, -0.2) is 0 Å². The number of aromatic nitrogens is 1. The number of nitrogens with zero attached hydrogens (tertiary/aromatic N) is 2. The van der Waals surface area contributed by atoms with Gasteiger partial charge in [-0.1, -0.05) is 41.4 Å². The molecule has 1 aliphatic rings. The van der Waals surface area contributed by atoms with Crippen LogP contribution in [-0.2, 0) is 11.2 Å². The lowest BCUT2D eigenvalue weighted by molar-refractivity contribution is -0.117. The molecule has 1 aromatic heterocycles. The summed E-state index contributed by atoms with van der Waals surface area (Å²) in [6.45, 7) is 0. The Labute approximate surface area is 172 Å². The number of aliphatic imine (C=N–C) groups is 1. The van der Waals surface area contributed by atoms with Crippen LogP contribution >= 0.6 is 23.2 Å². The maximum Gasteiger partial charge on any atom is 0.249 e. The number of amides is 1. The molecular weight excluding hydrogens is 395 g/mol. The highest BCUT2D eigenvalue weighted by molar-refractivity contribution is 6.32. The van der Waals surface area contributed by atoms with Gasteiger partial charge in [0, 0.05) is 40.0 Å². The third-order valence-electron chi connectivity index (χ3n) is 4.49. The SMILES string of the molecule is Nc1cncc(C2=NC(Cc3ccccc3Cl)C(=O)Nc3ccc(Cl)cc32)c1. The van der Waals surface area contributed by atoms with E-state index in [-0.39, 0.29) is 5.91 Å². The van der Waals surface area contributed by atoms with E-state index in [1.165, 1.54) is 0 Å². The lowest BCUT2D eigenvalue weighted by atomic mass is 10.0. The van der Waals surface area contributed by atoms with Gasteiger partial charge in [-0.05, 0) is 35.9 Å². The quantitative estimate of drug-likeness (QED) is 0.672. The summed E-state index contributed by atoms with van der Waals surface area (Å²) in [5.41, 5.74) is 9.94.